The first-order valence-corrected chi connectivity index (χ1v) is 11.7. The number of carbonyl (C=O) groups excluding carboxylic acids is 1. The zero-order chi connectivity index (χ0) is 24.6. The summed E-state index contributed by atoms with van der Waals surface area (Å²) >= 11 is 12.1. The predicted octanol–water partition coefficient (Wildman–Crippen LogP) is 6.10. The summed E-state index contributed by atoms with van der Waals surface area (Å²) in [4.78, 5) is 14.2. The number of ether oxygens (including phenoxy) is 1. The van der Waals surface area contributed by atoms with Crippen LogP contribution in [0.5, 0.6) is 0 Å². The summed E-state index contributed by atoms with van der Waals surface area (Å²) in [6.45, 7) is 8.37. The Bertz CT molecular complexity index is 1030. The molecule has 0 aliphatic carbocycles. The average molecular weight is 499 g/mol. The van der Waals surface area contributed by atoms with Crippen LogP contribution in [0.1, 0.15) is 51.3 Å². The van der Waals surface area contributed by atoms with Gasteiger partial charge >= 0.3 is 5.97 Å². The highest BCUT2D eigenvalue weighted by Crippen LogP contribution is 2.53. The van der Waals surface area contributed by atoms with Gasteiger partial charge in [0.25, 0.3) is 0 Å². The van der Waals surface area contributed by atoms with Crippen molar-refractivity contribution in [3.8, 4) is 0 Å². The first-order chi connectivity index (χ1) is 15.4. The second-order valence-corrected chi connectivity index (χ2v) is 10.6. The lowest BCUT2D eigenvalue weighted by Crippen LogP contribution is -2.49. The second kappa shape index (κ2) is 9.87. The van der Waals surface area contributed by atoms with Crippen molar-refractivity contribution in [2.45, 2.75) is 45.7 Å². The van der Waals surface area contributed by atoms with E-state index in [4.69, 9.17) is 33.7 Å². The van der Waals surface area contributed by atoms with E-state index < -0.39 is 29.2 Å². The molecule has 1 saturated heterocycles. The Balaban J connectivity index is 2.25. The van der Waals surface area contributed by atoms with Gasteiger partial charge in [-0.15, -0.1) is 0 Å². The molecular formula is C25H30Cl2F2N2O2. The number of halogens is 4. The highest BCUT2D eigenvalue weighted by molar-refractivity contribution is 6.31. The van der Waals surface area contributed by atoms with Gasteiger partial charge in [-0.3, -0.25) is 9.69 Å². The Morgan fingerprint density at radius 2 is 1.94 bits per heavy atom. The third kappa shape index (κ3) is 5.35. The lowest BCUT2D eigenvalue weighted by molar-refractivity contribution is -0.144. The number of rotatable bonds is 6. The van der Waals surface area contributed by atoms with Gasteiger partial charge in [0.1, 0.15) is 11.6 Å². The predicted molar refractivity (Wildman–Crippen MR) is 127 cm³/mol. The fourth-order valence-corrected chi connectivity index (χ4v) is 5.30. The number of hydrogen-bond acceptors (Lipinski definition) is 4. The van der Waals surface area contributed by atoms with E-state index in [9.17, 15) is 4.79 Å². The molecule has 0 saturated carbocycles. The van der Waals surface area contributed by atoms with E-state index in [2.05, 4.69) is 20.8 Å². The van der Waals surface area contributed by atoms with Crippen molar-refractivity contribution in [3.05, 3.63) is 69.2 Å². The van der Waals surface area contributed by atoms with E-state index in [1.165, 1.54) is 12.1 Å². The standard InChI is InChI=1S/C25H30Cl2F2N2O2/c1-5-33-21(32)14-31-13-15(12-24(2,3)4)25(30,18-10-9-16(26)11-20(18)28)23(31)17-7-6-8-19(27)22(17)29/h6-11,15,23H,5,12-14,30H2,1-4H3/t15-,23-,25+/m1/s1. The van der Waals surface area contributed by atoms with Gasteiger partial charge in [-0.05, 0) is 42.9 Å². The highest BCUT2D eigenvalue weighted by Gasteiger charge is 2.56. The maximum Gasteiger partial charge on any atom is 0.320 e. The molecule has 3 rings (SSSR count). The van der Waals surface area contributed by atoms with Crippen LogP contribution in [-0.4, -0.2) is 30.6 Å². The zero-order valence-electron chi connectivity index (χ0n) is 19.3. The van der Waals surface area contributed by atoms with E-state index in [-0.39, 0.29) is 45.7 Å². The molecule has 1 heterocycles. The molecule has 0 unspecified atom stereocenters. The molecule has 2 aromatic carbocycles. The summed E-state index contributed by atoms with van der Waals surface area (Å²) in [5.74, 6) is -1.97. The number of nitrogens with two attached hydrogens (primary N) is 1. The molecule has 0 radical (unpaired) electrons. The minimum atomic E-state index is -1.36. The van der Waals surface area contributed by atoms with Crippen molar-refractivity contribution in [1.29, 1.82) is 0 Å². The molecule has 4 nitrogen and oxygen atoms in total. The Labute approximate surface area is 204 Å². The average Bonchev–Trinajstić information content (AvgIpc) is 2.94. The third-order valence-electron chi connectivity index (χ3n) is 6.12. The Kier molecular flexibility index (Phi) is 7.74. The highest BCUT2D eigenvalue weighted by atomic mass is 35.5. The molecule has 0 spiro atoms. The van der Waals surface area contributed by atoms with Gasteiger partial charge in [0, 0.05) is 22.7 Å². The molecule has 2 N–H and O–H groups in total. The van der Waals surface area contributed by atoms with Gasteiger partial charge in [-0.25, -0.2) is 8.78 Å². The van der Waals surface area contributed by atoms with Gasteiger partial charge in [-0.2, -0.15) is 0 Å². The van der Waals surface area contributed by atoms with E-state index in [0.29, 0.717) is 13.0 Å². The maximum atomic E-state index is 15.4. The molecule has 1 fully saturated rings. The third-order valence-corrected chi connectivity index (χ3v) is 6.65. The summed E-state index contributed by atoms with van der Waals surface area (Å²) in [6.07, 6.45) is 0.615. The Morgan fingerprint density at radius 1 is 1.24 bits per heavy atom. The number of esters is 1. The topological polar surface area (TPSA) is 55.6 Å². The van der Waals surface area contributed by atoms with E-state index >= 15 is 8.78 Å². The summed E-state index contributed by atoms with van der Waals surface area (Å²) < 4.78 is 35.9. The molecule has 0 aromatic heterocycles. The lowest BCUT2D eigenvalue weighted by atomic mass is 9.69. The van der Waals surface area contributed by atoms with Crippen LogP contribution in [0.15, 0.2) is 36.4 Å². The largest absolute Gasteiger partial charge is 0.465 e. The van der Waals surface area contributed by atoms with Gasteiger partial charge in [0.15, 0.2) is 0 Å². The van der Waals surface area contributed by atoms with Gasteiger partial charge in [0.2, 0.25) is 0 Å². The fourth-order valence-electron chi connectivity index (χ4n) is 4.96. The molecule has 33 heavy (non-hydrogen) atoms. The van der Waals surface area contributed by atoms with Crippen LogP contribution in [0.2, 0.25) is 10.0 Å². The molecule has 180 valence electrons. The van der Waals surface area contributed by atoms with Crippen LogP contribution < -0.4 is 5.73 Å². The first kappa shape index (κ1) is 25.9. The van der Waals surface area contributed by atoms with E-state index in [0.717, 1.165) is 0 Å². The monoisotopic (exact) mass is 498 g/mol. The molecule has 8 heteroatoms. The van der Waals surface area contributed by atoms with Crippen molar-refractivity contribution in [3.63, 3.8) is 0 Å². The number of carbonyl (C=O) groups is 1. The zero-order valence-corrected chi connectivity index (χ0v) is 20.8. The normalized spacial score (nSPS) is 23.7. The van der Waals surface area contributed by atoms with Crippen molar-refractivity contribution in [2.75, 3.05) is 19.7 Å². The Morgan fingerprint density at radius 3 is 2.55 bits per heavy atom. The van der Waals surface area contributed by atoms with Crippen molar-refractivity contribution < 1.29 is 18.3 Å². The smallest absolute Gasteiger partial charge is 0.320 e. The van der Waals surface area contributed by atoms with Crippen LogP contribution in [0.25, 0.3) is 0 Å². The van der Waals surface area contributed by atoms with Gasteiger partial charge in [-0.1, -0.05) is 62.2 Å². The molecule has 1 aliphatic rings. The lowest BCUT2D eigenvalue weighted by Gasteiger charge is -2.40. The van der Waals surface area contributed by atoms with Gasteiger partial charge < -0.3 is 10.5 Å². The number of hydrogen-bond donors (Lipinski definition) is 1. The molecule has 2 aromatic rings. The molecule has 0 amide bonds. The Hall–Kier alpha value is -1.73. The van der Waals surface area contributed by atoms with Crippen LogP contribution in [0, 0.1) is 23.0 Å². The first-order valence-electron chi connectivity index (χ1n) is 11.0. The molecular weight excluding hydrogens is 469 g/mol. The van der Waals surface area contributed by atoms with Gasteiger partial charge in [0.05, 0.1) is 29.8 Å². The number of benzene rings is 2. The van der Waals surface area contributed by atoms with E-state index in [1.54, 1.807) is 36.1 Å². The quantitative estimate of drug-likeness (QED) is 0.489. The fraction of sp³-hybridized carbons (Fsp3) is 0.480. The van der Waals surface area contributed by atoms with Crippen LogP contribution >= 0.6 is 23.2 Å². The van der Waals surface area contributed by atoms with Crippen molar-refractivity contribution in [2.24, 2.45) is 17.1 Å². The van der Waals surface area contributed by atoms with Crippen LogP contribution in [0.4, 0.5) is 8.78 Å². The number of nitrogens with zero attached hydrogens (tertiary/aromatic N) is 1. The summed E-state index contributed by atoms with van der Waals surface area (Å²) in [5.41, 5.74) is 6.04. The van der Waals surface area contributed by atoms with Crippen LogP contribution in [-0.2, 0) is 15.1 Å². The minimum absolute atomic E-state index is 0.0678. The van der Waals surface area contributed by atoms with Crippen molar-refractivity contribution in [1.82, 2.24) is 4.90 Å². The maximum absolute atomic E-state index is 15.4. The summed E-state index contributed by atoms with van der Waals surface area (Å²) in [7, 11) is 0. The molecule has 3 atom stereocenters. The number of likely N-dealkylation sites (tertiary alicyclic amines) is 1. The van der Waals surface area contributed by atoms with E-state index in [1.807, 2.05) is 0 Å². The molecule has 0 bridgehead atoms. The van der Waals surface area contributed by atoms with Crippen LogP contribution in [0.3, 0.4) is 0 Å². The minimum Gasteiger partial charge on any atom is -0.465 e. The second-order valence-electron chi connectivity index (χ2n) is 9.80. The summed E-state index contributed by atoms with van der Waals surface area (Å²) in [5, 5.41) is 0.167. The summed E-state index contributed by atoms with van der Waals surface area (Å²) in [6, 6.07) is 8.12. The van der Waals surface area contributed by atoms with Crippen molar-refractivity contribution >= 4 is 29.2 Å². The SMILES string of the molecule is CCOC(=O)CN1C[C@@H](CC(C)(C)C)[C@](N)(c2ccc(Cl)cc2F)[C@H]1c1cccc(Cl)c1F. The molecule has 1 aliphatic heterocycles.